The zero-order chi connectivity index (χ0) is 11.8. The van der Waals surface area contributed by atoms with E-state index in [1.165, 1.54) is 5.57 Å². The fourth-order valence-electron chi connectivity index (χ4n) is 1.28. The molecule has 0 aromatic carbocycles. The highest BCUT2D eigenvalue weighted by Crippen LogP contribution is 2.06. The van der Waals surface area contributed by atoms with Crippen LogP contribution < -0.4 is 0 Å². The topological polar surface area (TPSA) is 26.3 Å². The summed E-state index contributed by atoms with van der Waals surface area (Å²) in [5.41, 5.74) is 1.94. The van der Waals surface area contributed by atoms with Crippen molar-refractivity contribution in [1.82, 2.24) is 0 Å². The van der Waals surface area contributed by atoms with Gasteiger partial charge in [0.2, 0.25) is 0 Å². The highest BCUT2D eigenvalue weighted by molar-refractivity contribution is 6.07. The molecule has 0 amide bonds. The Hall–Kier alpha value is -1.57. The summed E-state index contributed by atoms with van der Waals surface area (Å²) in [6, 6.07) is 0. The predicted molar refractivity (Wildman–Crippen MR) is 66.0 cm³/mol. The number of ether oxygens (including phenoxy) is 1. The lowest BCUT2D eigenvalue weighted by atomic mass is 10.1. The minimum absolute atomic E-state index is 0.00629. The van der Waals surface area contributed by atoms with Crippen LogP contribution >= 0.6 is 0 Å². The van der Waals surface area contributed by atoms with Crippen LogP contribution in [0.4, 0.5) is 0 Å². The summed E-state index contributed by atoms with van der Waals surface area (Å²) in [5, 5.41) is 0. The van der Waals surface area contributed by atoms with Crippen LogP contribution in [0, 0.1) is 0 Å². The van der Waals surface area contributed by atoms with Crippen LogP contribution in [0.5, 0.6) is 0 Å². The highest BCUT2D eigenvalue weighted by Gasteiger charge is 2.04. The summed E-state index contributed by atoms with van der Waals surface area (Å²) < 4.78 is 5.33. The number of unbranched alkanes of at least 4 members (excludes halogenated alkanes) is 1. The van der Waals surface area contributed by atoms with E-state index in [0.29, 0.717) is 12.2 Å². The molecule has 2 heteroatoms. The fourth-order valence-corrected chi connectivity index (χ4v) is 1.28. The molecular weight excluding hydrogens is 200 g/mol. The SMILES string of the molecule is CC(C)=CCCCO/C=C1/C=CC=CC1=O. The van der Waals surface area contributed by atoms with Crippen molar-refractivity contribution in [2.45, 2.75) is 26.7 Å². The van der Waals surface area contributed by atoms with Gasteiger partial charge in [-0.15, -0.1) is 0 Å². The molecule has 0 aromatic rings. The van der Waals surface area contributed by atoms with E-state index < -0.39 is 0 Å². The summed E-state index contributed by atoms with van der Waals surface area (Å²) in [5.74, 6) is 0.00629. The minimum Gasteiger partial charge on any atom is -0.500 e. The molecule has 0 fully saturated rings. The highest BCUT2D eigenvalue weighted by atomic mass is 16.5. The standard InChI is InChI=1S/C14H18O2/c1-12(2)7-5-6-10-16-11-13-8-3-4-9-14(13)15/h3-4,7-9,11H,5-6,10H2,1-2H3/b13-11-. The lowest BCUT2D eigenvalue weighted by Crippen LogP contribution is -2.00. The molecular formula is C14H18O2. The Morgan fingerprint density at radius 3 is 2.75 bits per heavy atom. The van der Waals surface area contributed by atoms with Crippen LogP contribution in [0.3, 0.4) is 0 Å². The molecule has 1 aliphatic rings. The first-order valence-corrected chi connectivity index (χ1v) is 5.54. The Bertz CT molecular complexity index is 353. The van der Waals surface area contributed by atoms with Crippen molar-refractivity contribution in [2.75, 3.05) is 6.61 Å². The Balaban J connectivity index is 2.22. The van der Waals surface area contributed by atoms with E-state index in [4.69, 9.17) is 4.74 Å². The minimum atomic E-state index is 0.00629. The van der Waals surface area contributed by atoms with Gasteiger partial charge in [-0.1, -0.05) is 23.8 Å². The van der Waals surface area contributed by atoms with Gasteiger partial charge < -0.3 is 4.74 Å². The molecule has 0 saturated carbocycles. The second-order valence-electron chi connectivity index (χ2n) is 3.95. The van der Waals surface area contributed by atoms with Crippen molar-refractivity contribution in [2.24, 2.45) is 0 Å². The summed E-state index contributed by atoms with van der Waals surface area (Å²) in [6.07, 6.45) is 12.6. The van der Waals surface area contributed by atoms with Crippen molar-refractivity contribution < 1.29 is 9.53 Å². The van der Waals surface area contributed by atoms with E-state index in [1.54, 1.807) is 24.5 Å². The maximum Gasteiger partial charge on any atom is 0.188 e. The summed E-state index contributed by atoms with van der Waals surface area (Å²) in [6.45, 7) is 4.82. The first kappa shape index (κ1) is 12.5. The van der Waals surface area contributed by atoms with Gasteiger partial charge in [-0.25, -0.2) is 0 Å². The van der Waals surface area contributed by atoms with E-state index in [-0.39, 0.29) is 5.78 Å². The Kier molecular flexibility index (Phi) is 5.34. The van der Waals surface area contributed by atoms with Gasteiger partial charge in [0.05, 0.1) is 18.4 Å². The molecule has 16 heavy (non-hydrogen) atoms. The van der Waals surface area contributed by atoms with Crippen LogP contribution in [0.25, 0.3) is 0 Å². The average Bonchev–Trinajstić information content (AvgIpc) is 2.25. The van der Waals surface area contributed by atoms with E-state index >= 15 is 0 Å². The third-order valence-electron chi connectivity index (χ3n) is 2.15. The van der Waals surface area contributed by atoms with Crippen molar-refractivity contribution in [3.05, 3.63) is 47.8 Å². The largest absolute Gasteiger partial charge is 0.500 e. The van der Waals surface area contributed by atoms with Crippen molar-refractivity contribution in [1.29, 1.82) is 0 Å². The monoisotopic (exact) mass is 218 g/mol. The smallest absolute Gasteiger partial charge is 0.188 e. The Morgan fingerprint density at radius 2 is 2.06 bits per heavy atom. The number of carbonyl (C=O) groups is 1. The molecule has 0 saturated heterocycles. The van der Waals surface area contributed by atoms with Gasteiger partial charge in [-0.05, 0) is 38.8 Å². The van der Waals surface area contributed by atoms with Crippen molar-refractivity contribution >= 4 is 5.78 Å². The van der Waals surface area contributed by atoms with Crippen LogP contribution in [0.15, 0.2) is 47.8 Å². The van der Waals surface area contributed by atoms with E-state index in [9.17, 15) is 4.79 Å². The second kappa shape index (κ2) is 6.83. The fraction of sp³-hybridized carbons (Fsp3) is 0.357. The quantitative estimate of drug-likeness (QED) is 0.306. The van der Waals surface area contributed by atoms with Gasteiger partial charge >= 0.3 is 0 Å². The average molecular weight is 218 g/mol. The summed E-state index contributed by atoms with van der Waals surface area (Å²) in [7, 11) is 0. The zero-order valence-electron chi connectivity index (χ0n) is 9.90. The molecule has 0 bridgehead atoms. The van der Waals surface area contributed by atoms with Gasteiger partial charge in [0.25, 0.3) is 0 Å². The summed E-state index contributed by atoms with van der Waals surface area (Å²) in [4.78, 5) is 11.3. The van der Waals surface area contributed by atoms with Crippen molar-refractivity contribution in [3.8, 4) is 0 Å². The number of ketones is 1. The zero-order valence-corrected chi connectivity index (χ0v) is 9.90. The molecule has 2 nitrogen and oxygen atoms in total. The molecule has 0 aromatic heterocycles. The molecule has 0 heterocycles. The maximum atomic E-state index is 11.3. The molecule has 1 rings (SSSR count). The van der Waals surface area contributed by atoms with Crippen LogP contribution in [0.2, 0.25) is 0 Å². The van der Waals surface area contributed by atoms with E-state index in [0.717, 1.165) is 12.8 Å². The van der Waals surface area contributed by atoms with Gasteiger partial charge in [0.15, 0.2) is 5.78 Å². The third kappa shape index (κ3) is 4.78. The van der Waals surface area contributed by atoms with E-state index in [2.05, 4.69) is 19.9 Å². The summed E-state index contributed by atoms with van der Waals surface area (Å²) >= 11 is 0. The first-order chi connectivity index (χ1) is 7.70. The number of hydrogen-bond donors (Lipinski definition) is 0. The van der Waals surface area contributed by atoms with Gasteiger partial charge in [0.1, 0.15) is 0 Å². The lowest BCUT2D eigenvalue weighted by Gasteiger charge is -2.03. The van der Waals surface area contributed by atoms with E-state index in [1.807, 2.05) is 6.08 Å². The maximum absolute atomic E-state index is 11.3. The number of hydrogen-bond acceptors (Lipinski definition) is 2. The second-order valence-corrected chi connectivity index (χ2v) is 3.95. The first-order valence-electron chi connectivity index (χ1n) is 5.54. The predicted octanol–water partition coefficient (Wildman–Crippen LogP) is 3.33. The van der Waals surface area contributed by atoms with Crippen LogP contribution in [-0.4, -0.2) is 12.4 Å². The van der Waals surface area contributed by atoms with Crippen molar-refractivity contribution in [3.63, 3.8) is 0 Å². The Morgan fingerprint density at radius 1 is 1.31 bits per heavy atom. The number of rotatable bonds is 5. The number of carbonyl (C=O) groups excluding carboxylic acids is 1. The molecule has 0 radical (unpaired) electrons. The number of allylic oxidation sites excluding steroid dienone is 7. The lowest BCUT2D eigenvalue weighted by molar-refractivity contribution is -0.111. The normalized spacial score (nSPS) is 16.6. The van der Waals surface area contributed by atoms with Gasteiger partial charge in [-0.2, -0.15) is 0 Å². The molecule has 1 aliphatic carbocycles. The third-order valence-corrected chi connectivity index (χ3v) is 2.15. The molecule has 0 spiro atoms. The molecule has 0 unspecified atom stereocenters. The molecule has 0 N–H and O–H groups in total. The molecule has 0 aliphatic heterocycles. The molecule has 0 atom stereocenters. The van der Waals surface area contributed by atoms with Gasteiger partial charge in [-0.3, -0.25) is 4.79 Å². The van der Waals surface area contributed by atoms with Gasteiger partial charge in [0, 0.05) is 0 Å². The van der Waals surface area contributed by atoms with Crippen LogP contribution in [0.1, 0.15) is 26.7 Å². The Labute approximate surface area is 97.0 Å². The van der Waals surface area contributed by atoms with Crippen LogP contribution in [-0.2, 0) is 9.53 Å². The molecule has 86 valence electrons.